The van der Waals surface area contributed by atoms with Crippen LogP contribution in [0.5, 0.6) is 11.5 Å². The van der Waals surface area contributed by atoms with Gasteiger partial charge in [0.05, 0.1) is 18.4 Å². The lowest BCUT2D eigenvalue weighted by atomic mass is 10.1. The molecule has 0 spiro atoms. The van der Waals surface area contributed by atoms with E-state index in [1.807, 2.05) is 6.07 Å². The number of aliphatic carboxylic acids is 1. The van der Waals surface area contributed by atoms with Crippen LogP contribution in [0.3, 0.4) is 0 Å². The fourth-order valence-corrected chi connectivity index (χ4v) is 2.70. The topological polar surface area (TPSA) is 147 Å². The Kier molecular flexibility index (Phi) is 7.43. The van der Waals surface area contributed by atoms with Crippen LogP contribution in [0.25, 0.3) is 16.8 Å². The van der Waals surface area contributed by atoms with E-state index >= 15 is 0 Å². The molecule has 1 aliphatic rings. The first-order chi connectivity index (χ1) is 16.5. The summed E-state index contributed by atoms with van der Waals surface area (Å²) in [6, 6.07) is 7.08. The largest absolute Gasteiger partial charge is 0.490 e. The van der Waals surface area contributed by atoms with Crippen LogP contribution < -0.4 is 20.9 Å². The van der Waals surface area contributed by atoms with Gasteiger partial charge < -0.3 is 20.3 Å². The number of tetrazole rings is 1. The Morgan fingerprint density at radius 2 is 1.77 bits per heavy atom. The Hall–Kier alpha value is -4.34. The van der Waals surface area contributed by atoms with Gasteiger partial charge in [0.2, 0.25) is 6.79 Å². The second kappa shape index (κ2) is 10.3. The average Bonchev–Trinajstić information content (AvgIpc) is 3.43. The molecule has 0 unspecified atom stereocenters. The molecule has 3 aromatic rings. The lowest BCUT2D eigenvalue weighted by Gasteiger charge is -2.05. The van der Waals surface area contributed by atoms with E-state index in [1.165, 1.54) is 6.20 Å². The first-order valence-corrected chi connectivity index (χ1v) is 9.42. The molecule has 16 heteroatoms. The molecular formula is C19H15F5N6O5. The van der Waals surface area contributed by atoms with E-state index in [9.17, 15) is 26.7 Å². The summed E-state index contributed by atoms with van der Waals surface area (Å²) in [5.74, 6) is -1.50. The van der Waals surface area contributed by atoms with Gasteiger partial charge in [-0.05, 0) is 34.2 Å². The summed E-state index contributed by atoms with van der Waals surface area (Å²) in [6.45, 7) is -0.663. The van der Waals surface area contributed by atoms with Gasteiger partial charge in [-0.2, -0.15) is 31.3 Å². The third-order valence-corrected chi connectivity index (χ3v) is 4.41. The van der Waals surface area contributed by atoms with Crippen molar-refractivity contribution in [2.45, 2.75) is 12.7 Å². The van der Waals surface area contributed by atoms with Crippen LogP contribution in [0.1, 0.15) is 0 Å². The van der Waals surface area contributed by atoms with Crippen LogP contribution in [0, 0.1) is 0 Å². The Labute approximate surface area is 191 Å². The lowest BCUT2D eigenvalue weighted by Crippen LogP contribution is -2.26. The number of nitrogens with zero attached hydrogens (tertiary/aromatic N) is 5. The van der Waals surface area contributed by atoms with E-state index in [4.69, 9.17) is 25.1 Å². The number of carboxylic acids is 1. The maximum Gasteiger partial charge on any atom is 0.490 e. The second-order valence-corrected chi connectivity index (χ2v) is 6.70. The highest BCUT2D eigenvalue weighted by molar-refractivity contribution is 5.73. The van der Waals surface area contributed by atoms with Crippen molar-refractivity contribution in [1.82, 2.24) is 24.8 Å². The van der Waals surface area contributed by atoms with Gasteiger partial charge in [-0.25, -0.2) is 9.59 Å². The molecule has 0 atom stereocenters. The highest BCUT2D eigenvalue weighted by atomic mass is 19.4. The molecule has 186 valence electrons. The summed E-state index contributed by atoms with van der Waals surface area (Å²) >= 11 is 0. The summed E-state index contributed by atoms with van der Waals surface area (Å²) in [7, 11) is 0. The van der Waals surface area contributed by atoms with Gasteiger partial charge in [-0.15, -0.1) is 0 Å². The molecule has 0 radical (unpaired) electrons. The minimum atomic E-state index is -5.08. The molecule has 0 saturated carbocycles. The minimum absolute atomic E-state index is 0.161. The maximum absolute atomic E-state index is 12.8. The molecule has 0 saturated heterocycles. The number of alkyl halides is 3. The van der Waals surface area contributed by atoms with Crippen LogP contribution in [-0.4, -0.2) is 55.4 Å². The van der Waals surface area contributed by atoms with Crippen molar-refractivity contribution in [1.29, 1.82) is 0 Å². The van der Waals surface area contributed by atoms with Gasteiger partial charge in [0.25, 0.3) is 6.08 Å². The molecule has 0 aliphatic carbocycles. The highest BCUT2D eigenvalue weighted by Crippen LogP contribution is 2.35. The van der Waals surface area contributed by atoms with E-state index in [1.54, 1.807) is 24.4 Å². The quantitative estimate of drug-likeness (QED) is 0.500. The number of benzene rings is 1. The number of aromatic nitrogens is 5. The smallest absolute Gasteiger partial charge is 0.475 e. The van der Waals surface area contributed by atoms with Crippen molar-refractivity contribution in [3.05, 3.63) is 58.8 Å². The van der Waals surface area contributed by atoms with Crippen LogP contribution in [0.2, 0.25) is 0 Å². The molecule has 4 rings (SSSR count). The zero-order valence-electron chi connectivity index (χ0n) is 17.4. The number of fused-ring (bicyclic) bond motifs is 1. The number of halogens is 5. The number of carbonyl (C=O) groups is 1. The van der Waals surface area contributed by atoms with Crippen molar-refractivity contribution < 1.29 is 41.3 Å². The zero-order valence-corrected chi connectivity index (χ0v) is 17.4. The molecule has 35 heavy (non-hydrogen) atoms. The van der Waals surface area contributed by atoms with Gasteiger partial charge in [0.1, 0.15) is 0 Å². The highest BCUT2D eigenvalue weighted by Gasteiger charge is 2.38. The van der Waals surface area contributed by atoms with Crippen molar-refractivity contribution in [2.24, 2.45) is 5.73 Å². The Morgan fingerprint density at radius 1 is 1.09 bits per heavy atom. The van der Waals surface area contributed by atoms with Crippen LogP contribution in [0.4, 0.5) is 22.0 Å². The molecular weight excluding hydrogens is 487 g/mol. The molecule has 3 heterocycles. The van der Waals surface area contributed by atoms with Gasteiger partial charge in [0, 0.05) is 23.9 Å². The molecule has 1 aliphatic heterocycles. The molecule has 0 amide bonds. The fraction of sp³-hybridized carbons (Fsp3) is 0.211. The van der Waals surface area contributed by atoms with Crippen LogP contribution in [0.15, 0.2) is 53.1 Å². The van der Waals surface area contributed by atoms with Crippen LogP contribution >= 0.6 is 0 Å². The summed E-state index contributed by atoms with van der Waals surface area (Å²) in [5, 5.41) is 14.5. The molecule has 0 fully saturated rings. The van der Waals surface area contributed by atoms with E-state index in [2.05, 4.69) is 15.4 Å². The van der Waals surface area contributed by atoms with Gasteiger partial charge in [-0.3, -0.25) is 4.98 Å². The number of rotatable bonds is 5. The molecule has 2 aromatic heterocycles. The van der Waals surface area contributed by atoms with E-state index in [0.29, 0.717) is 22.7 Å². The third-order valence-electron chi connectivity index (χ3n) is 4.41. The number of ether oxygens (including phenoxy) is 2. The van der Waals surface area contributed by atoms with E-state index in [-0.39, 0.29) is 18.9 Å². The predicted octanol–water partition coefficient (Wildman–Crippen LogP) is 1.96. The summed E-state index contributed by atoms with van der Waals surface area (Å²) in [5.41, 5.74) is 6.04. The summed E-state index contributed by atoms with van der Waals surface area (Å²) in [6.07, 6.45) is -3.98. The zero-order chi connectivity index (χ0) is 25.8. The minimum Gasteiger partial charge on any atom is -0.475 e. The second-order valence-electron chi connectivity index (χ2n) is 6.70. The third kappa shape index (κ3) is 5.97. The fourth-order valence-electron chi connectivity index (χ4n) is 2.70. The number of pyridine rings is 1. The summed E-state index contributed by atoms with van der Waals surface area (Å²) < 4.78 is 69.7. The van der Waals surface area contributed by atoms with Crippen molar-refractivity contribution in [3.8, 4) is 28.3 Å². The first kappa shape index (κ1) is 25.3. The molecule has 11 nitrogen and oxygen atoms in total. The van der Waals surface area contributed by atoms with Crippen LogP contribution in [-0.2, 0) is 11.3 Å². The Balaban J connectivity index is 0.000000429. The molecule has 3 N–H and O–H groups in total. The Morgan fingerprint density at radius 3 is 2.40 bits per heavy atom. The predicted molar refractivity (Wildman–Crippen MR) is 107 cm³/mol. The molecule has 0 bridgehead atoms. The number of carboxylic acid groups (broad SMARTS) is 1. The van der Waals surface area contributed by atoms with Gasteiger partial charge in [0.15, 0.2) is 11.5 Å². The summed E-state index contributed by atoms with van der Waals surface area (Å²) in [4.78, 5) is 25.5. The van der Waals surface area contributed by atoms with Crippen molar-refractivity contribution >= 4 is 5.97 Å². The SMILES string of the molecule is NCC(Cn1nnn(-c2cncc(-c3ccc4c(c3)OCO4)c2)c1=O)=C(F)F.O=C(O)C(F)(F)F. The van der Waals surface area contributed by atoms with Gasteiger partial charge in [-0.1, -0.05) is 6.07 Å². The first-order valence-electron chi connectivity index (χ1n) is 9.42. The van der Waals surface area contributed by atoms with Gasteiger partial charge >= 0.3 is 17.8 Å². The Bertz CT molecular complexity index is 1320. The monoisotopic (exact) mass is 502 g/mol. The normalized spacial score (nSPS) is 12.1. The van der Waals surface area contributed by atoms with Crippen molar-refractivity contribution in [3.63, 3.8) is 0 Å². The van der Waals surface area contributed by atoms with Crippen molar-refractivity contribution in [2.75, 3.05) is 13.3 Å². The average molecular weight is 502 g/mol. The lowest BCUT2D eigenvalue weighted by molar-refractivity contribution is -0.192. The molecule has 1 aromatic carbocycles. The number of nitrogens with two attached hydrogens (primary N) is 1. The number of hydrogen-bond acceptors (Lipinski definition) is 8. The number of hydrogen-bond donors (Lipinski definition) is 2. The van der Waals surface area contributed by atoms with E-state index < -0.39 is 30.5 Å². The maximum atomic E-state index is 12.8. The van der Waals surface area contributed by atoms with E-state index in [0.717, 1.165) is 14.9 Å². The standard InChI is InChI=1S/C17H14F2N6O3.C2HF3O2/c18-16(19)12(5-20)8-24-17(26)25(23-22-24)13-3-11(6-21-7-13)10-1-2-14-15(4-10)28-9-27-14;3-2(4,5)1(6)7/h1-4,6-7H,5,8-9,20H2;(H,6,7).